The number of benzene rings is 2. The van der Waals surface area contributed by atoms with E-state index in [0.29, 0.717) is 34.9 Å². The lowest BCUT2D eigenvalue weighted by atomic mass is 10.1. The van der Waals surface area contributed by atoms with Gasteiger partial charge >= 0.3 is 5.97 Å². The Labute approximate surface area is 169 Å². The first-order valence-corrected chi connectivity index (χ1v) is 11.4. The smallest absolute Gasteiger partial charge is 0.307 e. The van der Waals surface area contributed by atoms with E-state index in [1.165, 1.54) is 11.8 Å². The first-order chi connectivity index (χ1) is 12.8. The van der Waals surface area contributed by atoms with Crippen LogP contribution in [0.5, 0.6) is 11.5 Å². The molecule has 0 bridgehead atoms. The van der Waals surface area contributed by atoms with Crippen LogP contribution in [0.3, 0.4) is 0 Å². The van der Waals surface area contributed by atoms with Gasteiger partial charge in [-0.2, -0.15) is 0 Å². The average molecular weight is 470 g/mol. The standard InChI is InChI=1S/C18H16BrNO5S2/c19-14-4-5-16(25-15-3-1-2-12(8-15)9-17(21)22)13(10-14)11-27(23,24)18-20-6-7-26-18/h1-5,8,10H,6-7,9,11H2,(H,21,22). The number of carboxylic acid groups (broad SMARTS) is 1. The summed E-state index contributed by atoms with van der Waals surface area (Å²) in [4.78, 5) is 14.9. The van der Waals surface area contributed by atoms with Gasteiger partial charge in [-0.25, -0.2) is 8.42 Å². The topological polar surface area (TPSA) is 93.0 Å². The van der Waals surface area contributed by atoms with E-state index in [2.05, 4.69) is 20.9 Å². The van der Waals surface area contributed by atoms with Crippen LogP contribution >= 0.6 is 27.7 Å². The number of rotatable bonds is 6. The van der Waals surface area contributed by atoms with Gasteiger partial charge in [-0.05, 0) is 35.9 Å². The van der Waals surface area contributed by atoms with Crippen molar-refractivity contribution in [1.82, 2.24) is 0 Å². The van der Waals surface area contributed by atoms with E-state index in [0.717, 1.165) is 4.47 Å². The summed E-state index contributed by atoms with van der Waals surface area (Å²) < 4.78 is 32.0. The summed E-state index contributed by atoms with van der Waals surface area (Å²) in [5.41, 5.74) is 1.10. The van der Waals surface area contributed by atoms with Crippen molar-refractivity contribution in [1.29, 1.82) is 0 Å². The quantitative estimate of drug-likeness (QED) is 0.689. The molecule has 0 aromatic heterocycles. The van der Waals surface area contributed by atoms with Crippen LogP contribution in [-0.2, 0) is 26.8 Å². The highest BCUT2D eigenvalue weighted by Gasteiger charge is 2.25. The molecule has 3 rings (SSSR count). The van der Waals surface area contributed by atoms with E-state index >= 15 is 0 Å². The minimum absolute atomic E-state index is 0.115. The van der Waals surface area contributed by atoms with E-state index in [1.807, 2.05) is 0 Å². The van der Waals surface area contributed by atoms with Crippen LogP contribution in [0.4, 0.5) is 0 Å². The lowest BCUT2D eigenvalue weighted by Crippen LogP contribution is -2.13. The molecule has 2 aromatic rings. The molecule has 0 amide bonds. The molecule has 1 aliphatic heterocycles. The van der Waals surface area contributed by atoms with Crippen molar-refractivity contribution in [3.05, 3.63) is 58.1 Å². The van der Waals surface area contributed by atoms with Gasteiger partial charge in [0.05, 0.1) is 18.7 Å². The minimum atomic E-state index is -3.53. The van der Waals surface area contributed by atoms with Crippen molar-refractivity contribution < 1.29 is 23.1 Å². The molecule has 0 fully saturated rings. The predicted molar refractivity (Wildman–Crippen MR) is 109 cm³/mol. The van der Waals surface area contributed by atoms with Crippen molar-refractivity contribution in [3.8, 4) is 11.5 Å². The monoisotopic (exact) mass is 469 g/mol. The second-order valence-electron chi connectivity index (χ2n) is 5.83. The molecule has 1 aliphatic rings. The Morgan fingerprint density at radius 3 is 2.78 bits per heavy atom. The van der Waals surface area contributed by atoms with Crippen molar-refractivity contribution in [2.24, 2.45) is 4.99 Å². The van der Waals surface area contributed by atoms with Gasteiger partial charge in [-0.1, -0.05) is 39.8 Å². The Balaban J connectivity index is 1.87. The Morgan fingerprint density at radius 2 is 2.07 bits per heavy atom. The molecule has 142 valence electrons. The fourth-order valence-electron chi connectivity index (χ4n) is 2.55. The Kier molecular flexibility index (Phi) is 6.23. The molecule has 1 heterocycles. The number of carbonyl (C=O) groups is 1. The summed E-state index contributed by atoms with van der Waals surface area (Å²) in [6, 6.07) is 11.9. The number of carboxylic acids is 1. The van der Waals surface area contributed by atoms with Gasteiger partial charge in [-0.15, -0.1) is 0 Å². The molecule has 27 heavy (non-hydrogen) atoms. The maximum absolute atomic E-state index is 12.6. The Morgan fingerprint density at radius 1 is 1.26 bits per heavy atom. The molecule has 1 N–H and O–H groups in total. The average Bonchev–Trinajstić information content (AvgIpc) is 3.12. The fourth-order valence-corrected chi connectivity index (χ4v) is 5.69. The fraction of sp³-hybridized carbons (Fsp3) is 0.222. The lowest BCUT2D eigenvalue weighted by molar-refractivity contribution is -0.136. The second-order valence-corrected chi connectivity index (χ2v) is 9.99. The zero-order chi connectivity index (χ0) is 19.4. The number of thioether (sulfide) groups is 1. The molecule has 0 aliphatic carbocycles. The summed E-state index contributed by atoms with van der Waals surface area (Å²) >= 11 is 4.60. The molecule has 0 saturated heterocycles. The van der Waals surface area contributed by atoms with E-state index in [4.69, 9.17) is 9.84 Å². The van der Waals surface area contributed by atoms with Crippen molar-refractivity contribution in [2.75, 3.05) is 12.3 Å². The van der Waals surface area contributed by atoms with Gasteiger partial charge in [0.15, 0.2) is 4.38 Å². The highest BCUT2D eigenvalue weighted by atomic mass is 79.9. The summed E-state index contributed by atoms with van der Waals surface area (Å²) in [5, 5.41) is 8.93. The normalized spacial score (nSPS) is 14.0. The number of hydrogen-bond donors (Lipinski definition) is 1. The third-order valence-electron chi connectivity index (χ3n) is 3.67. The van der Waals surface area contributed by atoms with Crippen molar-refractivity contribution >= 4 is 47.9 Å². The van der Waals surface area contributed by atoms with Gasteiger partial charge in [0.1, 0.15) is 11.5 Å². The molecule has 6 nitrogen and oxygen atoms in total. The number of aliphatic carboxylic acids is 1. The number of aliphatic imine (C=N–C) groups is 1. The molecule has 0 radical (unpaired) electrons. The number of hydrogen-bond acceptors (Lipinski definition) is 6. The Hall–Kier alpha value is -1.84. The van der Waals surface area contributed by atoms with E-state index < -0.39 is 15.8 Å². The molecule has 0 saturated carbocycles. The zero-order valence-electron chi connectivity index (χ0n) is 14.1. The summed E-state index contributed by atoms with van der Waals surface area (Å²) in [6.07, 6.45) is -0.115. The molecule has 0 spiro atoms. The first-order valence-electron chi connectivity index (χ1n) is 8.00. The first kappa shape index (κ1) is 19.9. The third kappa shape index (κ3) is 5.33. The summed E-state index contributed by atoms with van der Waals surface area (Å²) in [6.45, 7) is 0.511. The number of sulfone groups is 1. The van der Waals surface area contributed by atoms with E-state index in [9.17, 15) is 13.2 Å². The van der Waals surface area contributed by atoms with Crippen LogP contribution in [0.25, 0.3) is 0 Å². The molecular weight excluding hydrogens is 454 g/mol. The highest BCUT2D eigenvalue weighted by molar-refractivity contribution is 9.10. The van der Waals surface area contributed by atoms with Crippen molar-refractivity contribution in [3.63, 3.8) is 0 Å². The SMILES string of the molecule is O=C(O)Cc1cccc(Oc2ccc(Br)cc2CS(=O)(=O)C2=NCCS2)c1. The summed E-state index contributed by atoms with van der Waals surface area (Å²) in [7, 11) is -3.53. The Bertz CT molecular complexity index is 1000. The maximum Gasteiger partial charge on any atom is 0.307 e. The van der Waals surface area contributed by atoms with Crippen molar-refractivity contribution in [2.45, 2.75) is 12.2 Å². The molecule has 0 unspecified atom stereocenters. The molecule has 9 heteroatoms. The molecule has 2 aromatic carbocycles. The highest BCUT2D eigenvalue weighted by Crippen LogP contribution is 2.31. The second kappa shape index (κ2) is 8.45. The lowest BCUT2D eigenvalue weighted by Gasteiger charge is -2.13. The van der Waals surface area contributed by atoms with Gasteiger partial charge in [0.2, 0.25) is 9.84 Å². The molecule has 0 atom stereocenters. The predicted octanol–water partition coefficient (Wildman–Crippen LogP) is 3.89. The van der Waals surface area contributed by atoms with Crippen LogP contribution in [0.1, 0.15) is 11.1 Å². The van der Waals surface area contributed by atoms with Crippen LogP contribution in [0.2, 0.25) is 0 Å². The van der Waals surface area contributed by atoms with Gasteiger partial charge in [0, 0.05) is 15.8 Å². The number of halogens is 1. The van der Waals surface area contributed by atoms with E-state index in [-0.39, 0.29) is 16.5 Å². The number of nitrogens with zero attached hydrogens (tertiary/aromatic N) is 1. The summed E-state index contributed by atoms with van der Waals surface area (Å²) in [5.74, 6) is 0.368. The zero-order valence-corrected chi connectivity index (χ0v) is 17.3. The minimum Gasteiger partial charge on any atom is -0.481 e. The largest absolute Gasteiger partial charge is 0.481 e. The maximum atomic E-state index is 12.6. The van der Waals surface area contributed by atoms with Gasteiger partial charge in [-0.3, -0.25) is 9.79 Å². The van der Waals surface area contributed by atoms with Crippen LogP contribution in [0.15, 0.2) is 51.9 Å². The van der Waals surface area contributed by atoms with Gasteiger partial charge in [0.25, 0.3) is 0 Å². The third-order valence-corrected chi connectivity index (χ3v) is 7.40. The van der Waals surface area contributed by atoms with Gasteiger partial charge < -0.3 is 9.84 Å². The van der Waals surface area contributed by atoms with Crippen LogP contribution < -0.4 is 4.74 Å². The molecular formula is C18H16BrNO5S2. The number of ether oxygens (including phenoxy) is 1. The van der Waals surface area contributed by atoms with E-state index in [1.54, 1.807) is 42.5 Å². The van der Waals surface area contributed by atoms with Crippen LogP contribution in [-0.4, -0.2) is 36.2 Å². The van der Waals surface area contributed by atoms with Crippen LogP contribution in [0, 0.1) is 0 Å².